The van der Waals surface area contributed by atoms with E-state index in [2.05, 4.69) is 15.6 Å². The maximum atomic E-state index is 12.1. The molecule has 3 rings (SSSR count). The Hall–Kier alpha value is -2.18. The fraction of sp³-hybridized carbons (Fsp3) is 0.412. The molecule has 1 aromatic heterocycles. The number of aromatic nitrogens is 1. The number of carbonyl (C=O) groups excluding carboxylic acids is 1. The van der Waals surface area contributed by atoms with Crippen LogP contribution in [0.2, 0.25) is 0 Å². The SMILES string of the molecule is O=C(CC1(O)CCCNC1)NCc1ccc2cccnc2c1O. The number of fused-ring (bicyclic) bond motifs is 1. The van der Waals surface area contributed by atoms with Gasteiger partial charge < -0.3 is 20.8 Å². The van der Waals surface area contributed by atoms with E-state index >= 15 is 0 Å². The van der Waals surface area contributed by atoms with Crippen LogP contribution in [0, 0.1) is 0 Å². The first-order chi connectivity index (χ1) is 11.1. The van der Waals surface area contributed by atoms with E-state index in [4.69, 9.17) is 0 Å². The van der Waals surface area contributed by atoms with Crippen LogP contribution in [0.1, 0.15) is 24.8 Å². The van der Waals surface area contributed by atoms with Gasteiger partial charge in [0.2, 0.25) is 5.91 Å². The summed E-state index contributed by atoms with van der Waals surface area (Å²) in [6.07, 6.45) is 3.17. The molecule has 1 aliphatic heterocycles. The minimum absolute atomic E-state index is 0.0621. The molecule has 0 aliphatic carbocycles. The topological polar surface area (TPSA) is 94.5 Å². The number of hydrogen-bond donors (Lipinski definition) is 4. The summed E-state index contributed by atoms with van der Waals surface area (Å²) in [6, 6.07) is 7.32. The third-order valence-electron chi connectivity index (χ3n) is 4.25. The van der Waals surface area contributed by atoms with Gasteiger partial charge in [-0.15, -0.1) is 0 Å². The van der Waals surface area contributed by atoms with Gasteiger partial charge in [-0.25, -0.2) is 0 Å². The second kappa shape index (κ2) is 6.52. The minimum atomic E-state index is -0.977. The predicted molar refractivity (Wildman–Crippen MR) is 86.9 cm³/mol. The molecule has 23 heavy (non-hydrogen) atoms. The Morgan fingerprint density at radius 1 is 1.39 bits per heavy atom. The summed E-state index contributed by atoms with van der Waals surface area (Å²) >= 11 is 0. The molecule has 1 amide bonds. The van der Waals surface area contributed by atoms with Crippen molar-refractivity contribution in [3.05, 3.63) is 36.0 Å². The smallest absolute Gasteiger partial charge is 0.223 e. The van der Waals surface area contributed by atoms with Crippen LogP contribution in [0.4, 0.5) is 0 Å². The Balaban J connectivity index is 1.64. The number of aliphatic hydroxyl groups is 1. The average Bonchev–Trinajstić information content (AvgIpc) is 2.55. The van der Waals surface area contributed by atoms with Crippen LogP contribution in [0.25, 0.3) is 10.9 Å². The van der Waals surface area contributed by atoms with Crippen LogP contribution in [-0.4, -0.2) is 39.8 Å². The predicted octanol–water partition coefficient (Wildman–Crippen LogP) is 1.06. The number of nitrogens with one attached hydrogen (secondary N) is 2. The first-order valence-electron chi connectivity index (χ1n) is 7.83. The van der Waals surface area contributed by atoms with E-state index in [9.17, 15) is 15.0 Å². The van der Waals surface area contributed by atoms with Crippen LogP contribution in [-0.2, 0) is 11.3 Å². The number of phenolic OH excluding ortho intramolecular Hbond substituents is 1. The van der Waals surface area contributed by atoms with E-state index < -0.39 is 5.60 Å². The van der Waals surface area contributed by atoms with E-state index in [1.165, 1.54) is 0 Å². The lowest BCUT2D eigenvalue weighted by molar-refractivity contribution is -0.127. The maximum Gasteiger partial charge on any atom is 0.223 e. The van der Waals surface area contributed by atoms with E-state index in [1.54, 1.807) is 12.3 Å². The highest BCUT2D eigenvalue weighted by Crippen LogP contribution is 2.26. The molecule has 6 heteroatoms. The molecule has 122 valence electrons. The Morgan fingerprint density at radius 3 is 3.04 bits per heavy atom. The highest BCUT2D eigenvalue weighted by Gasteiger charge is 2.31. The van der Waals surface area contributed by atoms with Crippen LogP contribution < -0.4 is 10.6 Å². The Labute approximate surface area is 134 Å². The standard InChI is InChI=1S/C17H21N3O3/c21-14(9-17(23)6-2-7-18-11-17)20-10-13-5-4-12-3-1-8-19-15(12)16(13)22/h1,3-5,8,18,22-23H,2,6-7,9-11H2,(H,20,21). The van der Waals surface area contributed by atoms with Gasteiger partial charge in [-0.3, -0.25) is 9.78 Å². The first kappa shape index (κ1) is 15.7. The van der Waals surface area contributed by atoms with Crippen LogP contribution in [0.3, 0.4) is 0 Å². The number of amides is 1. The van der Waals surface area contributed by atoms with E-state index in [0.717, 1.165) is 18.4 Å². The number of piperidine rings is 1. The second-order valence-electron chi connectivity index (χ2n) is 6.11. The summed E-state index contributed by atoms with van der Waals surface area (Å²) in [5.41, 5.74) is 0.155. The van der Waals surface area contributed by atoms with Crippen LogP contribution in [0.5, 0.6) is 5.75 Å². The Bertz CT molecular complexity index is 711. The number of β-amino-alcohol motifs (C(OH)–C–C–N with tert-alkyl or cyclic N) is 1. The number of aromatic hydroxyl groups is 1. The molecule has 2 heterocycles. The van der Waals surface area contributed by atoms with Crippen molar-refractivity contribution in [3.63, 3.8) is 0 Å². The molecule has 0 saturated carbocycles. The number of rotatable bonds is 4. The molecule has 1 saturated heterocycles. The van der Waals surface area contributed by atoms with E-state index in [-0.39, 0.29) is 24.6 Å². The second-order valence-corrected chi connectivity index (χ2v) is 6.11. The monoisotopic (exact) mass is 315 g/mol. The molecule has 2 aromatic rings. The molecule has 1 unspecified atom stereocenters. The van der Waals surface area contributed by atoms with Gasteiger partial charge in [-0.05, 0) is 25.5 Å². The molecular weight excluding hydrogens is 294 g/mol. The molecule has 0 radical (unpaired) electrons. The van der Waals surface area contributed by atoms with E-state index in [0.29, 0.717) is 24.0 Å². The van der Waals surface area contributed by atoms with Gasteiger partial charge in [-0.1, -0.05) is 18.2 Å². The third kappa shape index (κ3) is 3.60. The third-order valence-corrected chi connectivity index (χ3v) is 4.25. The van der Waals surface area contributed by atoms with Gasteiger partial charge in [-0.2, -0.15) is 0 Å². The molecule has 1 aromatic carbocycles. The first-order valence-corrected chi connectivity index (χ1v) is 7.83. The molecule has 1 fully saturated rings. The summed E-state index contributed by atoms with van der Waals surface area (Å²) in [5.74, 6) is -0.141. The fourth-order valence-electron chi connectivity index (χ4n) is 2.97. The van der Waals surface area contributed by atoms with Crippen LogP contribution >= 0.6 is 0 Å². The summed E-state index contributed by atoms with van der Waals surface area (Å²) < 4.78 is 0. The quantitative estimate of drug-likeness (QED) is 0.677. The minimum Gasteiger partial charge on any atom is -0.505 e. The van der Waals surface area contributed by atoms with Gasteiger partial charge in [0.15, 0.2) is 0 Å². The molecule has 4 N–H and O–H groups in total. The van der Waals surface area contributed by atoms with Crippen molar-refractivity contribution in [2.75, 3.05) is 13.1 Å². The fourth-order valence-corrected chi connectivity index (χ4v) is 2.97. The van der Waals surface area contributed by atoms with Crippen molar-refractivity contribution in [1.82, 2.24) is 15.6 Å². The highest BCUT2D eigenvalue weighted by molar-refractivity contribution is 5.85. The zero-order valence-corrected chi connectivity index (χ0v) is 12.9. The lowest BCUT2D eigenvalue weighted by Gasteiger charge is -2.32. The van der Waals surface area contributed by atoms with Gasteiger partial charge >= 0.3 is 0 Å². The number of benzene rings is 1. The summed E-state index contributed by atoms with van der Waals surface area (Å²) in [6.45, 7) is 1.52. The lowest BCUT2D eigenvalue weighted by atomic mass is 9.90. The zero-order chi connectivity index (χ0) is 16.3. The number of carbonyl (C=O) groups is 1. The normalized spacial score (nSPS) is 21.3. The molecular formula is C17H21N3O3. The number of nitrogens with zero attached hydrogens (tertiary/aromatic N) is 1. The summed E-state index contributed by atoms with van der Waals surface area (Å²) in [4.78, 5) is 16.2. The number of hydrogen-bond acceptors (Lipinski definition) is 5. The molecule has 1 aliphatic rings. The van der Waals surface area contributed by atoms with Crippen molar-refractivity contribution in [1.29, 1.82) is 0 Å². The Kier molecular flexibility index (Phi) is 4.45. The van der Waals surface area contributed by atoms with Crippen molar-refractivity contribution in [2.45, 2.75) is 31.4 Å². The Morgan fingerprint density at radius 2 is 2.26 bits per heavy atom. The van der Waals surface area contributed by atoms with Gasteiger partial charge in [0.25, 0.3) is 0 Å². The van der Waals surface area contributed by atoms with Gasteiger partial charge in [0, 0.05) is 30.2 Å². The van der Waals surface area contributed by atoms with Crippen molar-refractivity contribution in [3.8, 4) is 5.75 Å². The largest absolute Gasteiger partial charge is 0.505 e. The maximum absolute atomic E-state index is 12.1. The highest BCUT2D eigenvalue weighted by atomic mass is 16.3. The summed E-state index contributed by atoms with van der Waals surface area (Å²) in [7, 11) is 0. The summed E-state index contributed by atoms with van der Waals surface area (Å²) in [5, 5.41) is 27.3. The molecule has 0 spiro atoms. The van der Waals surface area contributed by atoms with Crippen molar-refractivity contribution < 1.29 is 15.0 Å². The molecule has 6 nitrogen and oxygen atoms in total. The molecule has 0 bridgehead atoms. The number of pyridine rings is 1. The van der Waals surface area contributed by atoms with Crippen LogP contribution in [0.15, 0.2) is 30.5 Å². The van der Waals surface area contributed by atoms with Crippen molar-refractivity contribution in [2.24, 2.45) is 0 Å². The zero-order valence-electron chi connectivity index (χ0n) is 12.9. The molecule has 1 atom stereocenters. The van der Waals surface area contributed by atoms with Crippen molar-refractivity contribution >= 4 is 16.8 Å². The van der Waals surface area contributed by atoms with Gasteiger partial charge in [0.1, 0.15) is 11.3 Å². The lowest BCUT2D eigenvalue weighted by Crippen LogP contribution is -2.48. The van der Waals surface area contributed by atoms with Gasteiger partial charge in [0.05, 0.1) is 12.0 Å². The van der Waals surface area contributed by atoms with E-state index in [1.807, 2.05) is 18.2 Å². The number of phenols is 1. The average molecular weight is 315 g/mol.